The summed E-state index contributed by atoms with van der Waals surface area (Å²) in [5, 5.41) is 16.4. The number of aromatic nitrogens is 4. The number of rotatable bonds is 16. The number of nitrogens with zero attached hydrogens (tertiary/aromatic N) is 5. The van der Waals surface area contributed by atoms with E-state index >= 15 is 0 Å². The quantitative estimate of drug-likeness (QED) is 0.0789. The largest absolute Gasteiger partial charge is 0.485 e. The molecule has 4 aromatic rings. The molecule has 296 valence electrons. The van der Waals surface area contributed by atoms with E-state index in [9.17, 15) is 23.1 Å². The van der Waals surface area contributed by atoms with Gasteiger partial charge in [0.15, 0.2) is 22.4 Å². The minimum absolute atomic E-state index is 0.0338. The first-order chi connectivity index (χ1) is 27.5. The molecule has 1 saturated heterocycles. The molecule has 4 fully saturated rings. The number of benzene rings is 1. The average molecular weight is 806 g/mol. The number of carboxylic acid groups (broad SMARTS) is 1. The van der Waals surface area contributed by atoms with E-state index in [0.29, 0.717) is 25.3 Å². The van der Waals surface area contributed by atoms with Crippen LogP contribution in [0.2, 0.25) is 5.15 Å². The second kappa shape index (κ2) is 14.6. The lowest BCUT2D eigenvalue weighted by Gasteiger charge is -2.28. The summed E-state index contributed by atoms with van der Waals surface area (Å²) in [7, 11) is -4.51. The van der Waals surface area contributed by atoms with Crippen LogP contribution in [0.5, 0.6) is 11.6 Å². The van der Waals surface area contributed by atoms with Crippen molar-refractivity contribution >= 4 is 39.4 Å². The van der Waals surface area contributed by atoms with Crippen LogP contribution in [0.25, 0.3) is 5.82 Å². The minimum Gasteiger partial charge on any atom is -0.485 e. The smallest absolute Gasteiger partial charge is 0.407 e. The van der Waals surface area contributed by atoms with Gasteiger partial charge in [0.1, 0.15) is 11.8 Å². The fraction of sp³-hybridized carbons (Fsp3) is 0.475. The summed E-state index contributed by atoms with van der Waals surface area (Å²) in [6.07, 6.45) is 5.73. The summed E-state index contributed by atoms with van der Waals surface area (Å²) >= 11 is 6.41. The molecule has 16 heteroatoms. The molecule has 14 nitrogen and oxygen atoms in total. The monoisotopic (exact) mass is 805 g/mol. The Kier molecular flexibility index (Phi) is 9.23. The summed E-state index contributed by atoms with van der Waals surface area (Å²) < 4.78 is 59.7. The van der Waals surface area contributed by atoms with Crippen molar-refractivity contribution < 1.29 is 35.3 Å². The molecule has 0 radical (unpaired) electrons. The molecule has 8 rings (SSSR count). The van der Waals surface area contributed by atoms with Crippen molar-refractivity contribution in [3.8, 4) is 17.4 Å². The normalized spacial score (nSPS) is 20.6. The van der Waals surface area contributed by atoms with Crippen LogP contribution in [-0.2, 0) is 16.6 Å². The molecule has 3 N–H and O–H groups in total. The van der Waals surface area contributed by atoms with Crippen LogP contribution in [0.3, 0.4) is 0 Å². The predicted molar refractivity (Wildman–Crippen MR) is 208 cm³/mol. The third-order valence-electron chi connectivity index (χ3n) is 11.8. The number of sulfonamides is 1. The zero-order valence-corrected chi connectivity index (χ0v) is 32.8. The fourth-order valence-electron chi connectivity index (χ4n) is 8.70. The van der Waals surface area contributed by atoms with Crippen molar-refractivity contribution in [3.63, 3.8) is 0 Å². The molecule has 2 spiro atoms. The molecule has 1 unspecified atom stereocenters. The highest BCUT2D eigenvalue weighted by atomic mass is 35.5. The number of anilines is 1. The van der Waals surface area contributed by atoms with Crippen LogP contribution in [0.4, 0.5) is 10.6 Å². The lowest BCUT2D eigenvalue weighted by atomic mass is 9.93. The van der Waals surface area contributed by atoms with Crippen LogP contribution in [0.15, 0.2) is 71.9 Å². The number of pyridine rings is 2. The number of hydrogen-bond acceptors (Lipinski definition) is 10. The number of fused-ring (bicyclic) bond motifs is 1. The number of carbonyl (C=O) groups excluding carboxylic acids is 1. The summed E-state index contributed by atoms with van der Waals surface area (Å²) in [6, 6.07) is 16.5. The second-order valence-electron chi connectivity index (χ2n) is 15.9. The molecule has 56 heavy (non-hydrogen) atoms. The molecule has 1 atom stereocenters. The topological polar surface area (TPSA) is 178 Å². The van der Waals surface area contributed by atoms with E-state index in [0.717, 1.165) is 44.1 Å². The number of halogens is 1. The number of likely N-dealkylation sites (tertiary alicyclic amines) is 1. The number of amides is 2. The molecule has 3 aliphatic carbocycles. The van der Waals surface area contributed by atoms with Gasteiger partial charge in [-0.15, -0.1) is 5.10 Å². The van der Waals surface area contributed by atoms with Crippen molar-refractivity contribution in [3.05, 3.63) is 83.1 Å². The number of hydrogen-bond donors (Lipinski definition) is 3. The van der Waals surface area contributed by atoms with E-state index in [2.05, 4.69) is 20.4 Å². The van der Waals surface area contributed by atoms with Crippen LogP contribution < -0.4 is 19.5 Å². The van der Waals surface area contributed by atoms with Crippen molar-refractivity contribution in [1.29, 1.82) is 0 Å². The van der Waals surface area contributed by atoms with E-state index in [1.165, 1.54) is 33.8 Å². The maximum Gasteiger partial charge on any atom is 0.407 e. The lowest BCUT2D eigenvalue weighted by Crippen LogP contribution is -2.41. The maximum absolute atomic E-state index is 13.5. The molecule has 0 bridgehead atoms. The summed E-state index contributed by atoms with van der Waals surface area (Å²) in [4.78, 5) is 35.1. The van der Waals surface area contributed by atoms with E-state index in [1.54, 1.807) is 12.3 Å². The van der Waals surface area contributed by atoms with Crippen molar-refractivity contribution in [1.82, 2.24) is 29.4 Å². The fourth-order valence-corrected chi connectivity index (χ4v) is 9.86. The molecule has 1 aliphatic heterocycles. The Morgan fingerprint density at radius 1 is 1.02 bits per heavy atom. The van der Waals surface area contributed by atoms with Crippen LogP contribution in [0, 0.1) is 22.7 Å². The maximum atomic E-state index is 13.5. The summed E-state index contributed by atoms with van der Waals surface area (Å²) in [5.41, 5.74) is 0.628. The van der Waals surface area contributed by atoms with Gasteiger partial charge < -0.3 is 24.8 Å². The lowest BCUT2D eigenvalue weighted by molar-refractivity contribution is 0.0980. The standard InChI is InChI=1S/C40H46ClN7O7S/c1-38(2)23-27(24-47(38)37(50)51)9-6-20-42-35-29(55-25-26-7-4-3-5-8-26)11-13-33(44-35)56(52,53)46-36(49)28-10-12-31(43-34(28)41)48-21-14-32(45-48)54-22-15-30-39(16-17-39)40(30)18-19-40/h3-5,7-8,10-14,21,27,30H,6,9,15-20,22-25H2,1-2H3,(H,42,44)(H,46,49)(H,50,51)/i15D2. The first kappa shape index (κ1) is 35.5. The molecule has 3 aromatic heterocycles. The average Bonchev–Trinajstić information content (AvgIpc) is 4.13. The molecular weight excluding hydrogens is 758 g/mol. The highest BCUT2D eigenvalue weighted by molar-refractivity contribution is 7.90. The van der Waals surface area contributed by atoms with Crippen molar-refractivity contribution in [2.75, 3.05) is 25.0 Å². The van der Waals surface area contributed by atoms with E-state index in [4.69, 9.17) is 23.8 Å². The third kappa shape index (κ3) is 7.50. The zero-order valence-electron chi connectivity index (χ0n) is 33.2. The zero-order chi connectivity index (χ0) is 41.1. The van der Waals surface area contributed by atoms with Crippen LogP contribution in [0.1, 0.15) is 83.8 Å². The van der Waals surface area contributed by atoms with Gasteiger partial charge >= 0.3 is 6.09 Å². The minimum atomic E-state index is -4.51. The molecule has 1 aromatic carbocycles. The van der Waals surface area contributed by atoms with E-state index in [-0.39, 0.29) is 64.1 Å². The Hall–Kier alpha value is -4.89. The van der Waals surface area contributed by atoms with Gasteiger partial charge in [-0.25, -0.2) is 24.2 Å². The molecule has 3 saturated carbocycles. The SMILES string of the molecule is [2H]C([2H])(COc1ccn(-c2ccc(C(=O)NS(=O)(=O)c3ccc(OCc4ccccc4)c(NCCCC4CN(C(=O)O)C(C)(C)C4)n3)c(Cl)n2)n1)C1C2(CC2)C12CC2. The van der Waals surface area contributed by atoms with Gasteiger partial charge in [0.2, 0.25) is 5.88 Å². The van der Waals surface area contributed by atoms with Gasteiger partial charge in [-0.1, -0.05) is 41.9 Å². The van der Waals surface area contributed by atoms with E-state index in [1.807, 2.05) is 48.9 Å². The van der Waals surface area contributed by atoms with Gasteiger partial charge in [-0.05, 0) is 118 Å². The van der Waals surface area contributed by atoms with Crippen molar-refractivity contribution in [2.45, 2.75) is 82.3 Å². The van der Waals surface area contributed by atoms with Crippen LogP contribution >= 0.6 is 11.6 Å². The third-order valence-corrected chi connectivity index (χ3v) is 13.3. The molecule has 4 aliphatic rings. The number of nitrogens with one attached hydrogen (secondary N) is 2. The van der Waals surface area contributed by atoms with Gasteiger partial charge in [-0.2, -0.15) is 8.42 Å². The van der Waals surface area contributed by atoms with Gasteiger partial charge in [0, 0.05) is 33.6 Å². The Labute approximate surface area is 333 Å². The second-order valence-corrected chi connectivity index (χ2v) is 17.9. The number of ether oxygens (including phenoxy) is 2. The Bertz CT molecular complexity index is 2320. The Balaban J connectivity index is 0.906. The molecule has 2 amide bonds. The molecular formula is C40H46ClN7O7S. The summed E-state index contributed by atoms with van der Waals surface area (Å²) in [5.74, 6) is 0.117. The van der Waals surface area contributed by atoms with Crippen molar-refractivity contribution in [2.24, 2.45) is 22.7 Å². The Morgan fingerprint density at radius 3 is 2.45 bits per heavy atom. The van der Waals surface area contributed by atoms with Gasteiger partial charge in [0.25, 0.3) is 15.9 Å². The van der Waals surface area contributed by atoms with Gasteiger partial charge in [-0.3, -0.25) is 4.79 Å². The first-order valence-corrected chi connectivity index (χ1v) is 20.7. The van der Waals surface area contributed by atoms with Crippen LogP contribution in [-0.4, -0.2) is 75.4 Å². The Morgan fingerprint density at radius 2 is 1.77 bits per heavy atom. The van der Waals surface area contributed by atoms with E-state index < -0.39 is 39.0 Å². The highest BCUT2D eigenvalue weighted by Crippen LogP contribution is 2.93. The first-order valence-electron chi connectivity index (χ1n) is 19.9. The number of carbonyl (C=O) groups is 2. The highest BCUT2D eigenvalue weighted by Gasteiger charge is 2.85. The predicted octanol–water partition coefficient (Wildman–Crippen LogP) is 6.94. The van der Waals surface area contributed by atoms with Gasteiger partial charge in [0.05, 0.1) is 12.2 Å². The molecule has 4 heterocycles. The summed E-state index contributed by atoms with van der Waals surface area (Å²) in [6.45, 7) is 4.79.